The van der Waals surface area contributed by atoms with Crippen molar-refractivity contribution in [2.24, 2.45) is 28.6 Å². The average molecular weight is 822 g/mol. The molecule has 3 aliphatic carbocycles. The molecule has 2 aromatic carbocycles. The highest BCUT2D eigenvalue weighted by molar-refractivity contribution is 6.40. The fraction of sp³-hybridized carbons (Fsp3) is 0.591. The van der Waals surface area contributed by atoms with Gasteiger partial charge in [0.2, 0.25) is 11.6 Å². The number of benzene rings is 2. The SMILES string of the molecule is COC1CC2OCC2(OC(C)=O)C2C(OC(=O)c3ccccc3)C3(O)CC(OC(=O)C(O)C(NC(=O)OC(C)(C)C)c4ccccc4)C(C)C(C(=O)C(=O)C12C)C3(C)C. The van der Waals surface area contributed by atoms with Crippen molar-refractivity contribution in [2.75, 3.05) is 13.7 Å². The van der Waals surface area contributed by atoms with Gasteiger partial charge in [-0.2, -0.15) is 0 Å². The van der Waals surface area contributed by atoms with Gasteiger partial charge in [0.1, 0.15) is 29.5 Å². The third-order valence-electron chi connectivity index (χ3n) is 13.1. The number of amides is 1. The summed E-state index contributed by atoms with van der Waals surface area (Å²) in [5, 5.41) is 27.7. The molecule has 0 spiro atoms. The summed E-state index contributed by atoms with van der Waals surface area (Å²) in [7, 11) is 1.37. The number of Topliss-reactive ketones (excluding diaryl/α,β-unsaturated/α-hetero) is 2. The van der Waals surface area contributed by atoms with Gasteiger partial charge in [-0.05, 0) is 45.4 Å². The zero-order valence-corrected chi connectivity index (χ0v) is 34.9. The lowest BCUT2D eigenvalue weighted by Gasteiger charge is -2.68. The van der Waals surface area contributed by atoms with Crippen LogP contribution < -0.4 is 5.32 Å². The molecule has 3 N–H and O–H groups in total. The Morgan fingerprint density at radius 1 is 0.949 bits per heavy atom. The highest BCUT2D eigenvalue weighted by Gasteiger charge is 2.79. The molecule has 15 heteroatoms. The minimum absolute atomic E-state index is 0.0369. The van der Waals surface area contributed by atoms with Crippen LogP contribution >= 0.6 is 0 Å². The first kappa shape index (κ1) is 43.9. The molecule has 0 aromatic heterocycles. The van der Waals surface area contributed by atoms with Crippen molar-refractivity contribution in [1.82, 2.24) is 5.32 Å². The summed E-state index contributed by atoms with van der Waals surface area (Å²) in [5.41, 5.74) is -7.86. The molecule has 2 bridgehead atoms. The van der Waals surface area contributed by atoms with Crippen LogP contribution in [0.4, 0.5) is 4.79 Å². The molecule has 3 saturated carbocycles. The second-order valence-electron chi connectivity index (χ2n) is 18.1. The molecule has 4 aliphatic rings. The van der Waals surface area contributed by atoms with Crippen LogP contribution in [0.25, 0.3) is 0 Å². The van der Waals surface area contributed by atoms with Crippen LogP contribution in [0.1, 0.15) is 90.2 Å². The van der Waals surface area contributed by atoms with Crippen molar-refractivity contribution in [3.8, 4) is 0 Å². The molecule has 4 fully saturated rings. The normalized spacial score (nSPS) is 34.5. The monoisotopic (exact) mass is 821 g/mol. The topological polar surface area (TPSA) is 210 Å². The Morgan fingerprint density at radius 2 is 1.56 bits per heavy atom. The Bertz CT molecular complexity index is 1960. The Hall–Kier alpha value is -4.70. The average Bonchev–Trinajstić information content (AvgIpc) is 3.16. The summed E-state index contributed by atoms with van der Waals surface area (Å²) in [6.07, 6.45) is -8.37. The number of ether oxygens (including phenoxy) is 6. The molecule has 2 aromatic rings. The maximum Gasteiger partial charge on any atom is 0.408 e. The van der Waals surface area contributed by atoms with Crippen LogP contribution in [-0.2, 0) is 47.6 Å². The lowest BCUT2D eigenvalue weighted by Crippen LogP contribution is -2.82. The molecule has 1 aliphatic heterocycles. The maximum absolute atomic E-state index is 15.1. The van der Waals surface area contributed by atoms with Gasteiger partial charge in [0.25, 0.3) is 0 Å². The number of fused-ring (bicyclic) bond motifs is 5. The number of esters is 3. The third kappa shape index (κ3) is 7.44. The van der Waals surface area contributed by atoms with E-state index in [0.717, 1.165) is 0 Å². The van der Waals surface area contributed by atoms with Gasteiger partial charge >= 0.3 is 24.0 Å². The van der Waals surface area contributed by atoms with Crippen molar-refractivity contribution in [3.63, 3.8) is 0 Å². The lowest BCUT2D eigenvalue weighted by molar-refractivity contribution is -0.351. The van der Waals surface area contributed by atoms with Crippen LogP contribution in [0.15, 0.2) is 60.7 Å². The summed E-state index contributed by atoms with van der Waals surface area (Å²) >= 11 is 0. The zero-order valence-electron chi connectivity index (χ0n) is 34.9. The quantitative estimate of drug-likeness (QED) is 0.185. The van der Waals surface area contributed by atoms with Crippen LogP contribution in [-0.4, -0.2) is 107 Å². The molecule has 320 valence electrons. The van der Waals surface area contributed by atoms with Gasteiger partial charge in [0.05, 0.1) is 35.6 Å². The Morgan fingerprint density at radius 3 is 2.10 bits per heavy atom. The number of carbonyl (C=O) groups is 6. The van der Waals surface area contributed by atoms with E-state index in [-0.39, 0.29) is 18.6 Å². The highest BCUT2D eigenvalue weighted by atomic mass is 16.6. The number of alkyl carbamates (subject to hydrolysis) is 1. The van der Waals surface area contributed by atoms with Gasteiger partial charge in [-0.3, -0.25) is 14.4 Å². The van der Waals surface area contributed by atoms with E-state index in [1.54, 1.807) is 90.1 Å². The lowest BCUT2D eigenvalue weighted by atomic mass is 9.42. The largest absolute Gasteiger partial charge is 0.460 e. The van der Waals surface area contributed by atoms with E-state index in [2.05, 4.69) is 5.32 Å². The number of methoxy groups -OCH3 is 1. The molecule has 1 amide bonds. The van der Waals surface area contributed by atoms with E-state index in [0.29, 0.717) is 5.56 Å². The first-order chi connectivity index (χ1) is 27.5. The fourth-order valence-corrected chi connectivity index (χ4v) is 10.2. The third-order valence-corrected chi connectivity index (χ3v) is 13.1. The van der Waals surface area contributed by atoms with E-state index >= 15 is 4.79 Å². The Kier molecular flexibility index (Phi) is 11.7. The van der Waals surface area contributed by atoms with Gasteiger partial charge in [-0.25, -0.2) is 14.4 Å². The fourth-order valence-electron chi connectivity index (χ4n) is 10.2. The van der Waals surface area contributed by atoms with Gasteiger partial charge in [0.15, 0.2) is 11.7 Å². The second-order valence-corrected chi connectivity index (χ2v) is 18.1. The number of hydrogen-bond acceptors (Lipinski definition) is 14. The van der Waals surface area contributed by atoms with Gasteiger partial charge in [0, 0.05) is 44.1 Å². The number of nitrogens with one attached hydrogen (secondary N) is 1. The molecule has 15 nitrogen and oxygen atoms in total. The first-order valence-electron chi connectivity index (χ1n) is 19.9. The van der Waals surface area contributed by atoms with Gasteiger partial charge in [-0.1, -0.05) is 69.3 Å². The highest BCUT2D eigenvalue weighted by Crippen LogP contribution is 2.65. The van der Waals surface area contributed by atoms with Gasteiger partial charge < -0.3 is 44.0 Å². The van der Waals surface area contributed by atoms with E-state index in [4.69, 9.17) is 28.4 Å². The minimum Gasteiger partial charge on any atom is -0.460 e. The van der Waals surface area contributed by atoms with E-state index < -0.39 is 124 Å². The van der Waals surface area contributed by atoms with Crippen LogP contribution in [0.3, 0.4) is 0 Å². The molecule has 1 saturated heterocycles. The number of carbonyl (C=O) groups excluding carboxylic acids is 6. The number of hydrogen-bond donors (Lipinski definition) is 3. The zero-order chi connectivity index (χ0) is 43.5. The molecule has 12 atom stereocenters. The predicted molar refractivity (Wildman–Crippen MR) is 207 cm³/mol. The van der Waals surface area contributed by atoms with Crippen LogP contribution in [0, 0.1) is 28.6 Å². The molecule has 1 heterocycles. The molecule has 6 rings (SSSR count). The molecule has 59 heavy (non-hydrogen) atoms. The first-order valence-corrected chi connectivity index (χ1v) is 19.9. The molecule has 12 unspecified atom stereocenters. The van der Waals surface area contributed by atoms with Crippen molar-refractivity contribution >= 4 is 35.6 Å². The van der Waals surface area contributed by atoms with Crippen LogP contribution in [0.2, 0.25) is 0 Å². The Labute approximate surface area is 343 Å². The van der Waals surface area contributed by atoms with Crippen molar-refractivity contribution < 1.29 is 67.4 Å². The standard InChI is InChI=1S/C44H55NO14/c1-23-27(56-38(51)33(48)31(25-16-12-10-13-17-25)45-39(52)59-40(3,4)5)21-44(53)36(57-37(50)26-18-14-11-15-19-26)34-42(8,35(49)32(47)30(23)41(44,6)7)28(54-9)20-29-43(34,22-55-29)58-24(2)46/h10-19,23,27-31,33-34,36,48,53H,20-22H2,1-9H3,(H,45,52). The summed E-state index contributed by atoms with van der Waals surface area (Å²) < 4.78 is 35.8. The Balaban J connectivity index is 1.48. The molecular weight excluding hydrogens is 766 g/mol. The number of ketones is 2. The van der Waals surface area contributed by atoms with Crippen LogP contribution in [0.5, 0.6) is 0 Å². The summed E-state index contributed by atoms with van der Waals surface area (Å²) in [6, 6.07) is 14.8. The molecule has 0 radical (unpaired) electrons. The second kappa shape index (κ2) is 15.7. The smallest absolute Gasteiger partial charge is 0.408 e. The number of aliphatic hydroxyl groups excluding tert-OH is 1. The number of aliphatic hydroxyl groups is 2. The van der Waals surface area contributed by atoms with Crippen molar-refractivity contribution in [1.29, 1.82) is 0 Å². The predicted octanol–water partition coefficient (Wildman–Crippen LogP) is 4.06. The van der Waals surface area contributed by atoms with E-state index in [9.17, 15) is 34.2 Å². The van der Waals surface area contributed by atoms with Crippen molar-refractivity contribution in [2.45, 2.75) is 122 Å². The summed E-state index contributed by atoms with van der Waals surface area (Å²) in [5.74, 6) is -8.36. The summed E-state index contributed by atoms with van der Waals surface area (Å²) in [6.45, 7) is 12.2. The minimum atomic E-state index is -2.30. The maximum atomic E-state index is 15.1. The summed E-state index contributed by atoms with van der Waals surface area (Å²) in [4.78, 5) is 84.3. The van der Waals surface area contributed by atoms with E-state index in [1.807, 2.05) is 0 Å². The molecular formula is C44H55NO14. The van der Waals surface area contributed by atoms with Gasteiger partial charge in [-0.15, -0.1) is 0 Å². The number of rotatable bonds is 9. The van der Waals surface area contributed by atoms with E-state index in [1.165, 1.54) is 33.1 Å². The van der Waals surface area contributed by atoms with Crippen molar-refractivity contribution in [3.05, 3.63) is 71.8 Å².